The summed E-state index contributed by atoms with van der Waals surface area (Å²) in [4.78, 5) is 19.2. The lowest BCUT2D eigenvalue weighted by molar-refractivity contribution is 0.102. The Balaban J connectivity index is 1.82. The summed E-state index contributed by atoms with van der Waals surface area (Å²) in [5.41, 5.74) is 2.98. The van der Waals surface area contributed by atoms with Crippen molar-refractivity contribution >= 4 is 17.2 Å². The molecule has 2 aromatic heterocycles. The molecule has 7 nitrogen and oxygen atoms in total. The highest BCUT2D eigenvalue weighted by atomic mass is 16.1. The summed E-state index contributed by atoms with van der Waals surface area (Å²) in [5.74, 6) is -0.306. The molecule has 26 heavy (non-hydrogen) atoms. The van der Waals surface area contributed by atoms with E-state index in [2.05, 4.69) is 40.2 Å². The van der Waals surface area contributed by atoms with Gasteiger partial charge < -0.3 is 5.32 Å². The van der Waals surface area contributed by atoms with Gasteiger partial charge in [0.25, 0.3) is 5.91 Å². The van der Waals surface area contributed by atoms with Crippen LogP contribution in [0.2, 0.25) is 0 Å². The van der Waals surface area contributed by atoms with Crippen molar-refractivity contribution in [2.45, 2.75) is 20.4 Å². The minimum atomic E-state index is -0.306. The molecule has 2 heterocycles. The topological polar surface area (TPSA) is 86.3 Å². The van der Waals surface area contributed by atoms with E-state index in [0.717, 1.165) is 25.2 Å². The van der Waals surface area contributed by atoms with E-state index in [0.29, 0.717) is 22.5 Å². The van der Waals surface area contributed by atoms with Crippen LogP contribution in [0.5, 0.6) is 0 Å². The number of nitrogens with one attached hydrogen (secondary N) is 1. The van der Waals surface area contributed by atoms with Crippen LogP contribution in [-0.2, 0) is 6.54 Å². The van der Waals surface area contributed by atoms with E-state index in [-0.39, 0.29) is 5.91 Å². The normalized spacial score (nSPS) is 10.8. The number of hydrogen-bond donors (Lipinski definition) is 1. The van der Waals surface area contributed by atoms with Crippen LogP contribution in [0.3, 0.4) is 0 Å². The molecule has 3 aromatic rings. The molecule has 0 radical (unpaired) electrons. The average molecular weight is 348 g/mol. The van der Waals surface area contributed by atoms with Crippen LogP contribution in [0.4, 0.5) is 5.69 Å². The number of anilines is 1. The summed E-state index contributed by atoms with van der Waals surface area (Å²) >= 11 is 0. The van der Waals surface area contributed by atoms with Gasteiger partial charge >= 0.3 is 0 Å². The Morgan fingerprint density at radius 3 is 2.85 bits per heavy atom. The highest BCUT2D eigenvalue weighted by Crippen LogP contribution is 2.15. The molecule has 0 bridgehead atoms. The molecule has 0 spiro atoms. The van der Waals surface area contributed by atoms with Crippen molar-refractivity contribution in [2.24, 2.45) is 0 Å². The number of carbonyl (C=O) groups is 1. The molecule has 0 saturated heterocycles. The van der Waals surface area contributed by atoms with Crippen LogP contribution in [0.1, 0.15) is 35.3 Å². The van der Waals surface area contributed by atoms with Crippen molar-refractivity contribution < 1.29 is 4.79 Å². The summed E-state index contributed by atoms with van der Waals surface area (Å²) in [6.45, 7) is 6.95. The summed E-state index contributed by atoms with van der Waals surface area (Å²) in [7, 11) is 0. The van der Waals surface area contributed by atoms with Gasteiger partial charge in [0, 0.05) is 30.2 Å². The molecular weight excluding hydrogens is 328 g/mol. The Morgan fingerprint density at radius 2 is 2.12 bits per heavy atom. The van der Waals surface area contributed by atoms with Gasteiger partial charge in [0.05, 0.1) is 17.8 Å². The zero-order chi connectivity index (χ0) is 18.5. The molecule has 1 aromatic carbocycles. The molecule has 0 fully saturated rings. The molecule has 7 heteroatoms. The summed E-state index contributed by atoms with van der Waals surface area (Å²) in [5, 5.41) is 16.0. The highest BCUT2D eigenvalue weighted by molar-refractivity contribution is 6.08. The fraction of sp³-hybridized carbons (Fsp3) is 0.263. The van der Waals surface area contributed by atoms with Crippen LogP contribution < -0.4 is 5.32 Å². The van der Waals surface area contributed by atoms with Crippen LogP contribution in [0, 0.1) is 11.3 Å². The van der Waals surface area contributed by atoms with Crippen LogP contribution in [0.15, 0.2) is 42.9 Å². The predicted molar refractivity (Wildman–Crippen MR) is 98.7 cm³/mol. The quantitative estimate of drug-likeness (QED) is 0.740. The monoisotopic (exact) mass is 348 g/mol. The Hall–Kier alpha value is -3.24. The second-order valence-electron chi connectivity index (χ2n) is 5.90. The molecule has 1 amide bonds. The summed E-state index contributed by atoms with van der Waals surface area (Å²) in [6.07, 6.45) is 5.18. The highest BCUT2D eigenvalue weighted by Gasteiger charge is 2.15. The minimum absolute atomic E-state index is 0.306. The van der Waals surface area contributed by atoms with Gasteiger partial charge in [0.15, 0.2) is 5.65 Å². The van der Waals surface area contributed by atoms with Crippen molar-refractivity contribution in [3.63, 3.8) is 0 Å². The number of nitriles is 1. The number of aromatic nitrogens is 3. The largest absolute Gasteiger partial charge is 0.322 e. The first-order chi connectivity index (χ1) is 12.6. The van der Waals surface area contributed by atoms with E-state index in [4.69, 9.17) is 5.26 Å². The van der Waals surface area contributed by atoms with E-state index < -0.39 is 0 Å². The van der Waals surface area contributed by atoms with E-state index >= 15 is 0 Å². The second kappa shape index (κ2) is 7.76. The molecule has 0 aliphatic rings. The van der Waals surface area contributed by atoms with Crippen molar-refractivity contribution in [2.75, 3.05) is 18.4 Å². The van der Waals surface area contributed by atoms with E-state index in [9.17, 15) is 4.79 Å². The third-order valence-corrected chi connectivity index (χ3v) is 4.20. The number of carbonyl (C=O) groups excluding carboxylic acids is 1. The van der Waals surface area contributed by atoms with E-state index in [1.165, 1.54) is 6.20 Å². The van der Waals surface area contributed by atoms with Crippen LogP contribution >= 0.6 is 0 Å². The van der Waals surface area contributed by atoms with Gasteiger partial charge in [-0.1, -0.05) is 19.9 Å². The SMILES string of the molecule is CCN(CC)Cc1cnc2c(C(=O)Nc3cccc(C#N)c3)cnn2c1. The Kier molecular flexibility index (Phi) is 5.25. The standard InChI is InChI=1S/C19H20N6O/c1-3-24(4-2)12-15-10-21-18-17(11-22-25(18)13-15)19(26)23-16-7-5-6-14(8-16)9-20/h5-8,10-11,13H,3-4,12H2,1-2H3,(H,23,26). The predicted octanol–water partition coefficient (Wildman–Crippen LogP) is 2.70. The molecule has 0 aliphatic heterocycles. The van der Waals surface area contributed by atoms with Crippen molar-refractivity contribution in [1.82, 2.24) is 19.5 Å². The van der Waals surface area contributed by atoms with Crippen molar-refractivity contribution in [3.05, 3.63) is 59.5 Å². The zero-order valence-electron chi connectivity index (χ0n) is 14.8. The zero-order valence-corrected chi connectivity index (χ0v) is 14.8. The third-order valence-electron chi connectivity index (χ3n) is 4.20. The van der Waals surface area contributed by atoms with Crippen molar-refractivity contribution in [1.29, 1.82) is 5.26 Å². The number of rotatable bonds is 6. The minimum Gasteiger partial charge on any atom is -0.322 e. The van der Waals surface area contributed by atoms with E-state index in [1.54, 1.807) is 35.0 Å². The van der Waals surface area contributed by atoms with Crippen LogP contribution in [-0.4, -0.2) is 38.5 Å². The smallest absolute Gasteiger partial charge is 0.261 e. The summed E-state index contributed by atoms with van der Waals surface area (Å²) < 4.78 is 1.62. The third kappa shape index (κ3) is 3.71. The maximum Gasteiger partial charge on any atom is 0.261 e. The lowest BCUT2D eigenvalue weighted by atomic mass is 10.2. The molecule has 0 aliphatic carbocycles. The lowest BCUT2D eigenvalue weighted by Crippen LogP contribution is -2.22. The molecule has 3 rings (SSSR count). The van der Waals surface area contributed by atoms with Gasteiger partial charge in [-0.15, -0.1) is 0 Å². The van der Waals surface area contributed by atoms with E-state index in [1.807, 2.05) is 6.20 Å². The lowest BCUT2D eigenvalue weighted by Gasteiger charge is -2.17. The van der Waals surface area contributed by atoms with Gasteiger partial charge in [0.1, 0.15) is 5.56 Å². The first-order valence-electron chi connectivity index (χ1n) is 8.50. The number of nitrogens with zero attached hydrogens (tertiary/aromatic N) is 5. The number of benzene rings is 1. The number of fused-ring (bicyclic) bond motifs is 1. The molecule has 132 valence electrons. The number of hydrogen-bond acceptors (Lipinski definition) is 5. The van der Waals surface area contributed by atoms with Crippen molar-refractivity contribution in [3.8, 4) is 6.07 Å². The molecule has 0 unspecified atom stereocenters. The maximum absolute atomic E-state index is 12.5. The molecule has 0 atom stereocenters. The first kappa shape index (κ1) is 17.6. The Morgan fingerprint density at radius 1 is 1.31 bits per heavy atom. The average Bonchev–Trinajstić information content (AvgIpc) is 3.09. The van der Waals surface area contributed by atoms with Gasteiger partial charge in [0.2, 0.25) is 0 Å². The van der Waals surface area contributed by atoms with Crippen LogP contribution in [0.25, 0.3) is 5.65 Å². The molecule has 0 saturated carbocycles. The second-order valence-corrected chi connectivity index (χ2v) is 5.90. The fourth-order valence-electron chi connectivity index (χ4n) is 2.73. The first-order valence-corrected chi connectivity index (χ1v) is 8.50. The number of amides is 1. The molecular formula is C19H20N6O. The van der Waals surface area contributed by atoms with Gasteiger partial charge in [-0.3, -0.25) is 9.69 Å². The summed E-state index contributed by atoms with van der Waals surface area (Å²) in [6, 6.07) is 8.82. The van der Waals surface area contributed by atoms with Gasteiger partial charge in [-0.05, 0) is 31.3 Å². The Bertz CT molecular complexity index is 968. The fourth-order valence-corrected chi connectivity index (χ4v) is 2.73. The Labute approximate surface area is 151 Å². The molecule has 1 N–H and O–H groups in total. The maximum atomic E-state index is 12.5. The van der Waals surface area contributed by atoms with Gasteiger partial charge in [-0.25, -0.2) is 9.50 Å². The van der Waals surface area contributed by atoms with Gasteiger partial charge in [-0.2, -0.15) is 10.4 Å².